The van der Waals surface area contributed by atoms with Crippen LogP contribution in [0.3, 0.4) is 0 Å². The van der Waals surface area contributed by atoms with Crippen molar-refractivity contribution in [3.63, 3.8) is 0 Å². The zero-order valence-corrected chi connectivity index (χ0v) is 16.7. The predicted molar refractivity (Wildman–Crippen MR) is 116 cm³/mol. The van der Waals surface area contributed by atoms with Crippen LogP contribution in [0, 0.1) is 0 Å². The van der Waals surface area contributed by atoms with Gasteiger partial charge in [0.15, 0.2) is 0 Å². The van der Waals surface area contributed by atoms with Gasteiger partial charge in [-0.05, 0) is 24.1 Å². The lowest BCUT2D eigenvalue weighted by atomic mass is 10.1. The van der Waals surface area contributed by atoms with Gasteiger partial charge >= 0.3 is 0 Å². The number of anilines is 2. The molecular weight excluding hydrogens is 364 g/mol. The molecule has 6 nitrogen and oxygen atoms in total. The average molecular weight is 390 g/mol. The largest absolute Gasteiger partial charge is 0.497 e. The number of methoxy groups -OCH3 is 1. The van der Waals surface area contributed by atoms with E-state index in [2.05, 4.69) is 40.5 Å². The molecule has 0 aliphatic carbocycles. The molecule has 0 spiro atoms. The normalized spacial score (nSPS) is 13.9. The van der Waals surface area contributed by atoms with Crippen LogP contribution in [0.5, 0.6) is 5.75 Å². The molecule has 1 fully saturated rings. The van der Waals surface area contributed by atoms with Crippen LogP contribution in [0.1, 0.15) is 5.56 Å². The lowest BCUT2D eigenvalue weighted by molar-refractivity contribution is 0.122. The molecule has 1 N–H and O–H groups in total. The van der Waals surface area contributed by atoms with Gasteiger partial charge in [0, 0.05) is 31.3 Å². The van der Waals surface area contributed by atoms with Crippen LogP contribution in [0.25, 0.3) is 11.3 Å². The first-order valence-electron chi connectivity index (χ1n) is 9.96. The van der Waals surface area contributed by atoms with Crippen LogP contribution >= 0.6 is 0 Å². The standard InChI is InChI=1S/C23H26N4O2/c1-28-20-9-7-18(8-10-20)11-12-24-23-25-21(19-5-3-2-4-6-19)17-22(26-23)27-13-15-29-16-14-27/h2-10,17H,11-16H2,1H3,(H,24,25,26). The maximum atomic E-state index is 5.49. The van der Waals surface area contributed by atoms with Crippen molar-refractivity contribution in [3.05, 3.63) is 66.2 Å². The molecule has 0 amide bonds. The Hall–Kier alpha value is -3.12. The molecule has 1 aliphatic heterocycles. The molecule has 150 valence electrons. The van der Waals surface area contributed by atoms with Crippen LogP contribution in [0.4, 0.5) is 11.8 Å². The maximum Gasteiger partial charge on any atom is 0.225 e. The van der Waals surface area contributed by atoms with Crippen LogP contribution < -0.4 is 15.0 Å². The van der Waals surface area contributed by atoms with Gasteiger partial charge in [-0.25, -0.2) is 4.98 Å². The minimum Gasteiger partial charge on any atom is -0.497 e. The molecular formula is C23H26N4O2. The van der Waals surface area contributed by atoms with Crippen molar-refractivity contribution in [2.45, 2.75) is 6.42 Å². The predicted octanol–water partition coefficient (Wildman–Crippen LogP) is 3.64. The van der Waals surface area contributed by atoms with Gasteiger partial charge in [0.2, 0.25) is 5.95 Å². The molecule has 2 aromatic carbocycles. The monoisotopic (exact) mass is 390 g/mol. The first-order chi connectivity index (χ1) is 14.3. The summed E-state index contributed by atoms with van der Waals surface area (Å²) in [4.78, 5) is 11.8. The average Bonchev–Trinajstić information content (AvgIpc) is 2.80. The molecule has 6 heteroatoms. The summed E-state index contributed by atoms with van der Waals surface area (Å²) in [7, 11) is 1.68. The van der Waals surface area contributed by atoms with Crippen molar-refractivity contribution >= 4 is 11.8 Å². The second-order valence-corrected chi connectivity index (χ2v) is 6.93. The van der Waals surface area contributed by atoms with Gasteiger partial charge in [-0.2, -0.15) is 4.98 Å². The highest BCUT2D eigenvalue weighted by atomic mass is 16.5. The number of hydrogen-bond acceptors (Lipinski definition) is 6. The van der Waals surface area contributed by atoms with Crippen LogP contribution in [0.15, 0.2) is 60.7 Å². The highest BCUT2D eigenvalue weighted by Gasteiger charge is 2.15. The molecule has 1 saturated heterocycles. The van der Waals surface area contributed by atoms with E-state index >= 15 is 0 Å². The van der Waals surface area contributed by atoms with E-state index in [1.807, 2.05) is 30.3 Å². The van der Waals surface area contributed by atoms with Gasteiger partial charge in [0.25, 0.3) is 0 Å². The van der Waals surface area contributed by atoms with Crippen molar-refractivity contribution in [1.82, 2.24) is 9.97 Å². The van der Waals surface area contributed by atoms with Crippen molar-refractivity contribution in [2.75, 3.05) is 50.2 Å². The Balaban J connectivity index is 1.51. The molecule has 0 bridgehead atoms. The number of aromatic nitrogens is 2. The molecule has 0 atom stereocenters. The summed E-state index contributed by atoms with van der Waals surface area (Å²) in [6.45, 7) is 3.90. The van der Waals surface area contributed by atoms with Gasteiger partial charge in [-0.1, -0.05) is 42.5 Å². The summed E-state index contributed by atoms with van der Waals surface area (Å²) in [5.41, 5.74) is 3.25. The summed E-state index contributed by atoms with van der Waals surface area (Å²) in [5, 5.41) is 3.40. The van der Waals surface area contributed by atoms with E-state index in [9.17, 15) is 0 Å². The number of morpholine rings is 1. The third-order valence-corrected chi connectivity index (χ3v) is 4.97. The van der Waals surface area contributed by atoms with E-state index < -0.39 is 0 Å². The Bertz CT molecular complexity index is 910. The number of benzene rings is 2. The van der Waals surface area contributed by atoms with Crippen LogP contribution in [-0.4, -0.2) is 49.9 Å². The third-order valence-electron chi connectivity index (χ3n) is 4.97. The summed E-state index contributed by atoms with van der Waals surface area (Å²) < 4.78 is 10.7. The first kappa shape index (κ1) is 19.2. The van der Waals surface area contributed by atoms with Crippen molar-refractivity contribution in [1.29, 1.82) is 0 Å². The Morgan fingerprint density at radius 2 is 1.76 bits per heavy atom. The zero-order valence-electron chi connectivity index (χ0n) is 16.7. The molecule has 0 radical (unpaired) electrons. The fourth-order valence-electron chi connectivity index (χ4n) is 3.34. The summed E-state index contributed by atoms with van der Waals surface area (Å²) >= 11 is 0. The Labute approximate surface area is 171 Å². The highest BCUT2D eigenvalue weighted by Crippen LogP contribution is 2.24. The minimum atomic E-state index is 0.654. The van der Waals surface area contributed by atoms with Gasteiger partial charge in [-0.3, -0.25) is 0 Å². The van der Waals surface area contributed by atoms with Crippen molar-refractivity contribution < 1.29 is 9.47 Å². The molecule has 3 aromatic rings. The van der Waals surface area contributed by atoms with E-state index in [1.54, 1.807) is 7.11 Å². The quantitative estimate of drug-likeness (QED) is 0.665. The summed E-state index contributed by atoms with van der Waals surface area (Å²) in [6, 6.07) is 20.4. The number of nitrogens with zero attached hydrogens (tertiary/aromatic N) is 3. The SMILES string of the molecule is COc1ccc(CCNc2nc(-c3ccccc3)cc(N3CCOCC3)n2)cc1. The molecule has 29 heavy (non-hydrogen) atoms. The Kier molecular flexibility index (Phi) is 6.22. The number of nitrogens with one attached hydrogen (secondary N) is 1. The smallest absolute Gasteiger partial charge is 0.225 e. The van der Waals surface area contributed by atoms with Gasteiger partial charge in [0.05, 0.1) is 26.0 Å². The highest BCUT2D eigenvalue weighted by molar-refractivity contribution is 5.64. The topological polar surface area (TPSA) is 59.5 Å². The second kappa shape index (κ2) is 9.39. The lowest BCUT2D eigenvalue weighted by Gasteiger charge is -2.28. The Morgan fingerprint density at radius 3 is 2.48 bits per heavy atom. The van der Waals surface area contributed by atoms with Gasteiger partial charge in [0.1, 0.15) is 11.6 Å². The van der Waals surface area contributed by atoms with E-state index in [0.29, 0.717) is 5.95 Å². The van der Waals surface area contributed by atoms with Crippen LogP contribution in [0.2, 0.25) is 0 Å². The fraction of sp³-hybridized carbons (Fsp3) is 0.304. The Morgan fingerprint density at radius 1 is 1.00 bits per heavy atom. The minimum absolute atomic E-state index is 0.654. The lowest BCUT2D eigenvalue weighted by Crippen LogP contribution is -2.37. The van der Waals surface area contributed by atoms with E-state index in [-0.39, 0.29) is 0 Å². The number of rotatable bonds is 7. The molecule has 0 unspecified atom stereocenters. The third kappa shape index (κ3) is 5.03. The van der Waals surface area contributed by atoms with Gasteiger partial charge in [-0.15, -0.1) is 0 Å². The van der Waals surface area contributed by atoms with E-state index in [1.165, 1.54) is 5.56 Å². The molecule has 0 saturated carbocycles. The molecule has 1 aliphatic rings. The zero-order chi connectivity index (χ0) is 19.9. The van der Waals surface area contributed by atoms with Crippen molar-refractivity contribution in [2.24, 2.45) is 0 Å². The second-order valence-electron chi connectivity index (χ2n) is 6.93. The maximum absolute atomic E-state index is 5.49. The molecule has 2 heterocycles. The molecule has 4 rings (SSSR count). The van der Waals surface area contributed by atoms with Crippen LogP contribution in [-0.2, 0) is 11.2 Å². The number of ether oxygens (including phenoxy) is 2. The van der Waals surface area contributed by atoms with E-state index in [4.69, 9.17) is 19.4 Å². The summed E-state index contributed by atoms with van der Waals surface area (Å²) in [6.07, 6.45) is 0.885. The van der Waals surface area contributed by atoms with Crippen molar-refractivity contribution in [3.8, 4) is 17.0 Å². The molecule has 1 aromatic heterocycles. The van der Waals surface area contributed by atoms with Gasteiger partial charge < -0.3 is 19.7 Å². The first-order valence-corrected chi connectivity index (χ1v) is 9.96. The summed E-state index contributed by atoms with van der Waals surface area (Å²) in [5.74, 6) is 2.46. The number of hydrogen-bond donors (Lipinski definition) is 1. The van der Waals surface area contributed by atoms with E-state index in [0.717, 1.165) is 62.1 Å². The fourth-order valence-corrected chi connectivity index (χ4v) is 3.34.